The molecule has 1 N–H and O–H groups in total. The number of carbonyl (C=O) groups is 1. The van der Waals surface area contributed by atoms with Crippen LogP contribution in [0.15, 0.2) is 47.6 Å². The summed E-state index contributed by atoms with van der Waals surface area (Å²) in [6.07, 6.45) is 0.727. The molecule has 17 heavy (non-hydrogen) atoms. The van der Waals surface area contributed by atoms with Gasteiger partial charge in [0.2, 0.25) is 0 Å². The lowest BCUT2D eigenvalue weighted by Crippen LogP contribution is -1.96. The fourth-order valence-electron chi connectivity index (χ4n) is 1.61. The largest absolute Gasteiger partial charge is 0.477 e. The van der Waals surface area contributed by atoms with E-state index in [1.165, 1.54) is 0 Å². The first kappa shape index (κ1) is 11.1. The van der Waals surface area contributed by atoms with Crippen molar-refractivity contribution in [3.05, 3.63) is 48.0 Å². The average Bonchev–Trinajstić information content (AvgIpc) is 2.34. The molecule has 0 saturated carbocycles. The molecule has 0 saturated heterocycles. The van der Waals surface area contributed by atoms with E-state index in [2.05, 4.69) is 5.16 Å². The third-order valence-electron chi connectivity index (χ3n) is 2.34. The van der Waals surface area contributed by atoms with Crippen LogP contribution in [0, 0.1) is 0 Å². The summed E-state index contributed by atoms with van der Waals surface area (Å²) in [5.41, 5.74) is 0.977. The number of aliphatic carboxylic acids is 1. The highest BCUT2D eigenvalue weighted by molar-refractivity contribution is 6.21. The molecular formula is C13H11NO3. The van der Waals surface area contributed by atoms with Crippen molar-refractivity contribution >= 4 is 23.0 Å². The number of carboxylic acids is 1. The van der Waals surface area contributed by atoms with Crippen LogP contribution >= 0.6 is 0 Å². The van der Waals surface area contributed by atoms with Crippen molar-refractivity contribution in [2.45, 2.75) is 6.61 Å². The molecule has 0 radical (unpaired) electrons. The summed E-state index contributed by atoms with van der Waals surface area (Å²) in [6, 6.07) is 13.8. The van der Waals surface area contributed by atoms with Gasteiger partial charge in [-0.1, -0.05) is 47.6 Å². The van der Waals surface area contributed by atoms with E-state index in [0.717, 1.165) is 22.6 Å². The van der Waals surface area contributed by atoms with E-state index < -0.39 is 5.97 Å². The van der Waals surface area contributed by atoms with Crippen molar-refractivity contribution in [2.24, 2.45) is 5.16 Å². The molecule has 0 spiro atoms. The topological polar surface area (TPSA) is 58.9 Å². The van der Waals surface area contributed by atoms with Gasteiger partial charge in [-0.15, -0.1) is 0 Å². The van der Waals surface area contributed by atoms with Gasteiger partial charge in [0.25, 0.3) is 0 Å². The Morgan fingerprint density at radius 2 is 2.00 bits per heavy atom. The van der Waals surface area contributed by atoms with Crippen molar-refractivity contribution in [3.63, 3.8) is 0 Å². The van der Waals surface area contributed by atoms with E-state index in [1.807, 2.05) is 42.5 Å². The molecule has 4 heteroatoms. The third-order valence-corrected chi connectivity index (χ3v) is 2.34. The molecule has 2 aromatic carbocycles. The molecule has 0 fully saturated rings. The second-order valence-electron chi connectivity index (χ2n) is 3.48. The maximum absolute atomic E-state index is 10.2. The zero-order valence-corrected chi connectivity index (χ0v) is 9.04. The Hall–Kier alpha value is -2.36. The number of hydrogen-bond acceptors (Lipinski definition) is 3. The van der Waals surface area contributed by atoms with Crippen LogP contribution in [-0.2, 0) is 16.2 Å². The summed E-state index contributed by atoms with van der Waals surface area (Å²) in [7, 11) is 0. The highest BCUT2D eigenvalue weighted by Crippen LogP contribution is 2.18. The standard InChI is InChI=1S/C13H11NO3/c15-13(16)8-14-17-9-11-6-3-5-10-4-1-2-7-12(10)11/h1-8H,9H2,(H,15,16). The Morgan fingerprint density at radius 1 is 1.24 bits per heavy atom. The van der Waals surface area contributed by atoms with Gasteiger partial charge in [-0.2, -0.15) is 0 Å². The molecule has 2 rings (SSSR count). The number of nitrogens with zero attached hydrogens (tertiary/aromatic N) is 1. The molecule has 0 atom stereocenters. The van der Waals surface area contributed by atoms with Gasteiger partial charge in [0, 0.05) is 0 Å². The number of oxime groups is 1. The van der Waals surface area contributed by atoms with Crippen molar-refractivity contribution in [1.29, 1.82) is 0 Å². The van der Waals surface area contributed by atoms with Crippen LogP contribution in [0.2, 0.25) is 0 Å². The van der Waals surface area contributed by atoms with Gasteiger partial charge in [0.15, 0.2) is 6.21 Å². The molecule has 86 valence electrons. The monoisotopic (exact) mass is 229 g/mol. The zero-order valence-electron chi connectivity index (χ0n) is 9.04. The molecular weight excluding hydrogens is 218 g/mol. The first-order chi connectivity index (χ1) is 8.27. The van der Waals surface area contributed by atoms with Crippen LogP contribution in [0.3, 0.4) is 0 Å². The second kappa shape index (κ2) is 5.12. The second-order valence-corrected chi connectivity index (χ2v) is 3.48. The van der Waals surface area contributed by atoms with Gasteiger partial charge >= 0.3 is 5.97 Å². The lowest BCUT2D eigenvalue weighted by atomic mass is 10.1. The average molecular weight is 229 g/mol. The maximum atomic E-state index is 10.2. The fraction of sp³-hybridized carbons (Fsp3) is 0.0769. The van der Waals surface area contributed by atoms with Gasteiger partial charge < -0.3 is 9.94 Å². The Bertz CT molecular complexity index is 558. The van der Waals surface area contributed by atoms with Crippen molar-refractivity contribution < 1.29 is 14.7 Å². The molecule has 0 bridgehead atoms. The van der Waals surface area contributed by atoms with Crippen LogP contribution in [0.1, 0.15) is 5.56 Å². The van der Waals surface area contributed by atoms with E-state index in [-0.39, 0.29) is 6.61 Å². The fourth-order valence-corrected chi connectivity index (χ4v) is 1.61. The van der Waals surface area contributed by atoms with E-state index in [1.54, 1.807) is 0 Å². The Labute approximate surface area is 98.1 Å². The number of carboxylic acid groups (broad SMARTS) is 1. The van der Waals surface area contributed by atoms with Crippen molar-refractivity contribution in [2.75, 3.05) is 0 Å². The predicted molar refractivity (Wildman–Crippen MR) is 64.9 cm³/mol. The molecule has 0 heterocycles. The Morgan fingerprint density at radius 3 is 2.82 bits per heavy atom. The molecule has 0 aromatic heterocycles. The normalized spacial score (nSPS) is 10.8. The zero-order chi connectivity index (χ0) is 12.1. The van der Waals surface area contributed by atoms with Crippen LogP contribution in [-0.4, -0.2) is 17.3 Å². The quantitative estimate of drug-likeness (QED) is 0.647. The highest BCUT2D eigenvalue weighted by Gasteiger charge is 1.99. The van der Waals surface area contributed by atoms with Gasteiger partial charge in [0.1, 0.15) is 6.61 Å². The summed E-state index contributed by atoms with van der Waals surface area (Å²) in [4.78, 5) is 15.1. The molecule has 0 unspecified atom stereocenters. The summed E-state index contributed by atoms with van der Waals surface area (Å²) >= 11 is 0. The van der Waals surface area contributed by atoms with Crippen LogP contribution < -0.4 is 0 Å². The predicted octanol–water partition coefficient (Wildman–Crippen LogP) is 2.43. The number of rotatable bonds is 4. The minimum atomic E-state index is -1.12. The third kappa shape index (κ3) is 2.81. The first-order valence-corrected chi connectivity index (χ1v) is 5.12. The maximum Gasteiger partial charge on any atom is 0.350 e. The van der Waals surface area contributed by atoms with Gasteiger partial charge in [-0.3, -0.25) is 0 Å². The van der Waals surface area contributed by atoms with E-state index in [9.17, 15) is 4.79 Å². The molecule has 0 aliphatic heterocycles. The van der Waals surface area contributed by atoms with Crippen LogP contribution in [0.4, 0.5) is 0 Å². The number of benzene rings is 2. The van der Waals surface area contributed by atoms with Crippen molar-refractivity contribution in [1.82, 2.24) is 0 Å². The van der Waals surface area contributed by atoms with Crippen LogP contribution in [0.25, 0.3) is 10.8 Å². The molecule has 4 nitrogen and oxygen atoms in total. The summed E-state index contributed by atoms with van der Waals surface area (Å²) < 4.78 is 0. The summed E-state index contributed by atoms with van der Waals surface area (Å²) in [6.45, 7) is 0.255. The minimum Gasteiger partial charge on any atom is -0.477 e. The lowest BCUT2D eigenvalue weighted by molar-refractivity contribution is -0.129. The number of hydrogen-bond donors (Lipinski definition) is 1. The summed E-state index contributed by atoms with van der Waals surface area (Å²) in [5.74, 6) is -1.12. The van der Waals surface area contributed by atoms with Crippen LogP contribution in [0.5, 0.6) is 0 Å². The van der Waals surface area contributed by atoms with E-state index >= 15 is 0 Å². The highest BCUT2D eigenvalue weighted by atomic mass is 16.6. The molecule has 0 amide bonds. The van der Waals surface area contributed by atoms with E-state index in [4.69, 9.17) is 9.94 Å². The van der Waals surface area contributed by atoms with E-state index in [0.29, 0.717) is 0 Å². The SMILES string of the molecule is O=C(O)C=NOCc1cccc2ccccc12. The van der Waals surface area contributed by atoms with Gasteiger partial charge in [-0.05, 0) is 16.3 Å². The summed E-state index contributed by atoms with van der Waals surface area (Å²) in [5, 5.41) is 13.9. The molecule has 0 aliphatic rings. The smallest absolute Gasteiger partial charge is 0.350 e. The molecule has 0 aliphatic carbocycles. The minimum absolute atomic E-state index is 0.255. The number of fused-ring (bicyclic) bond motifs is 1. The first-order valence-electron chi connectivity index (χ1n) is 5.12. The van der Waals surface area contributed by atoms with Crippen molar-refractivity contribution in [3.8, 4) is 0 Å². The Kier molecular flexibility index (Phi) is 3.35. The van der Waals surface area contributed by atoms with Gasteiger partial charge in [-0.25, -0.2) is 4.79 Å². The lowest BCUT2D eigenvalue weighted by Gasteiger charge is -2.04. The Balaban J connectivity index is 2.16. The van der Waals surface area contributed by atoms with Gasteiger partial charge in [0.05, 0.1) is 0 Å². The molecule has 2 aromatic rings.